The van der Waals surface area contributed by atoms with Crippen LogP contribution in [0, 0.1) is 0 Å². The second-order valence-electron chi connectivity index (χ2n) is 1.56. The van der Waals surface area contributed by atoms with E-state index in [1.807, 2.05) is 0 Å². The molecule has 0 radical (unpaired) electrons. The van der Waals surface area contributed by atoms with Gasteiger partial charge < -0.3 is 10.8 Å². The first-order valence-electron chi connectivity index (χ1n) is 2.29. The van der Waals surface area contributed by atoms with Crippen LogP contribution < -0.4 is 5.73 Å². The van der Waals surface area contributed by atoms with E-state index >= 15 is 0 Å². The van der Waals surface area contributed by atoms with Gasteiger partial charge in [-0.25, -0.2) is 4.79 Å². The largest absolute Gasteiger partial charge is 0.478 e. The molecule has 0 aliphatic carbocycles. The number of carbonyl (C=O) groups is 1. The van der Waals surface area contributed by atoms with E-state index in [0.29, 0.717) is 0 Å². The number of carboxylic acids is 1. The Kier molecular flexibility index (Phi) is 2.88. The molecule has 0 saturated carbocycles. The van der Waals surface area contributed by atoms with Gasteiger partial charge in [-0.2, -0.15) is 0 Å². The highest BCUT2D eigenvalue weighted by molar-refractivity contribution is 5.79. The first-order chi connectivity index (χ1) is 3.63. The fourth-order valence-electron chi connectivity index (χ4n) is 0.234. The molecule has 0 fully saturated rings. The average molecular weight is 115 g/mol. The van der Waals surface area contributed by atoms with Gasteiger partial charge in [0, 0.05) is 12.1 Å². The Labute approximate surface area is 47.8 Å². The number of rotatable bonds is 2. The van der Waals surface area contributed by atoms with Crippen LogP contribution in [0.2, 0.25) is 0 Å². The highest BCUT2D eigenvalue weighted by Crippen LogP contribution is 1.77. The van der Waals surface area contributed by atoms with Crippen LogP contribution in [0.3, 0.4) is 0 Å². The van der Waals surface area contributed by atoms with E-state index in [9.17, 15) is 4.79 Å². The highest BCUT2D eigenvalue weighted by Gasteiger charge is 1.86. The Bertz CT molecular complexity index is 107. The van der Waals surface area contributed by atoms with Crippen LogP contribution in [-0.2, 0) is 4.79 Å². The maximum Gasteiger partial charge on any atom is 0.328 e. The van der Waals surface area contributed by atoms with Crippen molar-refractivity contribution in [1.29, 1.82) is 0 Å². The molecule has 0 saturated heterocycles. The third kappa shape index (κ3) is 5.17. The molecular weight excluding hydrogens is 106 g/mol. The molecule has 0 unspecified atom stereocenters. The van der Waals surface area contributed by atoms with E-state index in [4.69, 9.17) is 10.8 Å². The minimum Gasteiger partial charge on any atom is -0.478 e. The van der Waals surface area contributed by atoms with Crippen LogP contribution in [0.5, 0.6) is 0 Å². The predicted molar refractivity (Wildman–Crippen MR) is 30.4 cm³/mol. The SMILES string of the molecule is C[C@H](N)C=CC(=O)O. The Morgan fingerprint density at radius 3 is 2.50 bits per heavy atom. The van der Waals surface area contributed by atoms with Crippen molar-refractivity contribution in [3.8, 4) is 0 Å². The molecular formula is C5H9NO2. The number of carboxylic acid groups (broad SMARTS) is 1. The standard InChI is InChI=1S/C5H9NO2/c1-4(6)2-3-5(7)8/h2-4H,6H2,1H3,(H,7,8)/t4-/m0/s1. The Morgan fingerprint density at radius 1 is 1.88 bits per heavy atom. The zero-order valence-corrected chi connectivity index (χ0v) is 4.66. The number of hydrogen-bond donors (Lipinski definition) is 2. The van der Waals surface area contributed by atoms with Crippen molar-refractivity contribution in [2.75, 3.05) is 0 Å². The molecule has 0 aliphatic heterocycles. The minimum atomic E-state index is -0.956. The molecule has 0 aliphatic rings. The molecule has 46 valence electrons. The molecule has 0 aromatic rings. The maximum atomic E-state index is 9.76. The summed E-state index contributed by atoms with van der Waals surface area (Å²) in [5, 5.41) is 8.02. The second-order valence-corrected chi connectivity index (χ2v) is 1.56. The lowest BCUT2D eigenvalue weighted by atomic mass is 10.3. The fourth-order valence-corrected chi connectivity index (χ4v) is 0.234. The van der Waals surface area contributed by atoms with E-state index in [1.165, 1.54) is 6.08 Å². The fraction of sp³-hybridized carbons (Fsp3) is 0.400. The molecule has 0 heterocycles. The summed E-state index contributed by atoms with van der Waals surface area (Å²) < 4.78 is 0. The minimum absolute atomic E-state index is 0.175. The van der Waals surface area contributed by atoms with Gasteiger partial charge in [-0.3, -0.25) is 0 Å². The molecule has 8 heavy (non-hydrogen) atoms. The predicted octanol–water partition coefficient (Wildman–Crippen LogP) is -0.0256. The van der Waals surface area contributed by atoms with Gasteiger partial charge in [-0.1, -0.05) is 6.08 Å². The summed E-state index contributed by atoms with van der Waals surface area (Å²) in [7, 11) is 0. The van der Waals surface area contributed by atoms with Gasteiger partial charge in [0.2, 0.25) is 0 Å². The Balaban J connectivity index is 3.50. The summed E-state index contributed by atoms with van der Waals surface area (Å²) >= 11 is 0. The molecule has 3 N–H and O–H groups in total. The van der Waals surface area contributed by atoms with Crippen LogP contribution in [0.25, 0.3) is 0 Å². The van der Waals surface area contributed by atoms with Gasteiger partial charge in [0.1, 0.15) is 0 Å². The first kappa shape index (κ1) is 7.17. The van der Waals surface area contributed by atoms with Gasteiger partial charge in [0.15, 0.2) is 0 Å². The first-order valence-corrected chi connectivity index (χ1v) is 2.29. The number of aliphatic carboxylic acids is 1. The van der Waals surface area contributed by atoms with Crippen molar-refractivity contribution in [3.05, 3.63) is 12.2 Å². The second kappa shape index (κ2) is 3.21. The lowest BCUT2D eigenvalue weighted by Gasteiger charge is -1.89. The van der Waals surface area contributed by atoms with Gasteiger partial charge in [-0.15, -0.1) is 0 Å². The van der Waals surface area contributed by atoms with E-state index in [-0.39, 0.29) is 6.04 Å². The van der Waals surface area contributed by atoms with Gasteiger partial charge in [0.25, 0.3) is 0 Å². The third-order valence-electron chi connectivity index (χ3n) is 0.542. The summed E-state index contributed by atoms with van der Waals surface area (Å²) in [5.41, 5.74) is 5.19. The smallest absolute Gasteiger partial charge is 0.328 e. The van der Waals surface area contributed by atoms with Gasteiger partial charge in [-0.05, 0) is 6.92 Å². The van der Waals surface area contributed by atoms with Crippen molar-refractivity contribution >= 4 is 5.97 Å². The van der Waals surface area contributed by atoms with Crippen LogP contribution in [0.1, 0.15) is 6.92 Å². The maximum absolute atomic E-state index is 9.76. The third-order valence-corrected chi connectivity index (χ3v) is 0.542. The molecule has 0 aromatic heterocycles. The average Bonchev–Trinajstić information content (AvgIpc) is 1.61. The Hall–Kier alpha value is -0.830. The summed E-state index contributed by atoms with van der Waals surface area (Å²) in [6, 6.07) is -0.175. The number of hydrogen-bond acceptors (Lipinski definition) is 2. The lowest BCUT2D eigenvalue weighted by molar-refractivity contribution is -0.131. The van der Waals surface area contributed by atoms with Gasteiger partial charge >= 0.3 is 5.97 Å². The number of nitrogens with two attached hydrogens (primary N) is 1. The molecule has 3 heteroatoms. The lowest BCUT2D eigenvalue weighted by Crippen LogP contribution is -2.10. The zero-order valence-electron chi connectivity index (χ0n) is 4.66. The van der Waals surface area contributed by atoms with E-state index < -0.39 is 5.97 Å². The van der Waals surface area contributed by atoms with E-state index in [2.05, 4.69) is 0 Å². The quantitative estimate of drug-likeness (QED) is 0.497. The van der Waals surface area contributed by atoms with Crippen molar-refractivity contribution in [2.45, 2.75) is 13.0 Å². The van der Waals surface area contributed by atoms with E-state index in [0.717, 1.165) is 6.08 Å². The summed E-state index contributed by atoms with van der Waals surface area (Å²) in [5.74, 6) is -0.956. The van der Waals surface area contributed by atoms with Crippen molar-refractivity contribution < 1.29 is 9.90 Å². The van der Waals surface area contributed by atoms with Crippen molar-refractivity contribution in [3.63, 3.8) is 0 Å². The van der Waals surface area contributed by atoms with Crippen LogP contribution in [0.4, 0.5) is 0 Å². The van der Waals surface area contributed by atoms with Crippen LogP contribution >= 0.6 is 0 Å². The van der Waals surface area contributed by atoms with Crippen LogP contribution in [-0.4, -0.2) is 17.1 Å². The highest BCUT2D eigenvalue weighted by atomic mass is 16.4. The molecule has 0 rings (SSSR count). The normalized spacial score (nSPS) is 14.2. The van der Waals surface area contributed by atoms with Crippen molar-refractivity contribution in [2.24, 2.45) is 5.73 Å². The summed E-state index contributed by atoms with van der Waals surface area (Å²) in [6.45, 7) is 1.71. The molecule has 3 nitrogen and oxygen atoms in total. The summed E-state index contributed by atoms with van der Waals surface area (Å²) in [6.07, 6.45) is 2.45. The topological polar surface area (TPSA) is 63.3 Å². The molecule has 0 spiro atoms. The van der Waals surface area contributed by atoms with E-state index in [1.54, 1.807) is 6.92 Å². The molecule has 0 amide bonds. The Morgan fingerprint density at radius 2 is 2.38 bits per heavy atom. The molecule has 0 aromatic carbocycles. The zero-order chi connectivity index (χ0) is 6.57. The van der Waals surface area contributed by atoms with Crippen LogP contribution in [0.15, 0.2) is 12.2 Å². The molecule has 1 atom stereocenters. The molecule has 0 bridgehead atoms. The summed E-state index contributed by atoms with van der Waals surface area (Å²) in [4.78, 5) is 9.76. The van der Waals surface area contributed by atoms with Gasteiger partial charge in [0.05, 0.1) is 0 Å². The monoisotopic (exact) mass is 115 g/mol. The van der Waals surface area contributed by atoms with Crippen molar-refractivity contribution in [1.82, 2.24) is 0 Å².